The van der Waals surface area contributed by atoms with E-state index in [0.717, 1.165) is 10.5 Å². The van der Waals surface area contributed by atoms with Crippen molar-refractivity contribution in [3.8, 4) is 0 Å². The van der Waals surface area contributed by atoms with Gasteiger partial charge in [0.05, 0.1) is 11.3 Å². The van der Waals surface area contributed by atoms with E-state index in [1.807, 2.05) is 0 Å². The van der Waals surface area contributed by atoms with Gasteiger partial charge in [-0.1, -0.05) is 22.0 Å². The summed E-state index contributed by atoms with van der Waals surface area (Å²) >= 11 is 3.26. The third-order valence-electron chi connectivity index (χ3n) is 2.58. The summed E-state index contributed by atoms with van der Waals surface area (Å²) in [7, 11) is 0. The van der Waals surface area contributed by atoms with Crippen molar-refractivity contribution in [2.45, 2.75) is 0 Å². The van der Waals surface area contributed by atoms with Crippen molar-refractivity contribution in [3.63, 3.8) is 0 Å². The highest BCUT2D eigenvalue weighted by molar-refractivity contribution is 9.10. The number of aromatic carboxylic acids is 1. The minimum absolute atomic E-state index is 0.319. The third-order valence-corrected chi connectivity index (χ3v) is 3.11. The molecule has 0 atom stereocenters. The first-order chi connectivity index (χ1) is 9.97. The number of urea groups is 1. The summed E-state index contributed by atoms with van der Waals surface area (Å²) in [5.41, 5.74) is -0.204. The van der Waals surface area contributed by atoms with Crippen LogP contribution in [0.1, 0.15) is 10.4 Å². The van der Waals surface area contributed by atoms with Gasteiger partial charge < -0.3 is 15.7 Å². The number of hydrogen-bond acceptors (Lipinski definition) is 2. The molecule has 2 aromatic rings. The van der Waals surface area contributed by atoms with Gasteiger partial charge in [-0.3, -0.25) is 0 Å². The van der Waals surface area contributed by atoms with E-state index in [2.05, 4.69) is 26.6 Å². The van der Waals surface area contributed by atoms with E-state index in [4.69, 9.17) is 5.11 Å². The first kappa shape index (κ1) is 15.0. The number of carboxylic acid groups (broad SMARTS) is 1. The zero-order valence-corrected chi connectivity index (χ0v) is 12.1. The molecule has 0 unspecified atom stereocenters. The molecule has 2 amide bonds. The smallest absolute Gasteiger partial charge is 0.337 e. The van der Waals surface area contributed by atoms with Crippen LogP contribution in [-0.2, 0) is 0 Å². The highest BCUT2D eigenvalue weighted by Gasteiger charge is 2.16. The second kappa shape index (κ2) is 6.36. The lowest BCUT2D eigenvalue weighted by Crippen LogP contribution is -2.21. The number of benzene rings is 2. The fraction of sp³-hybridized carbons (Fsp3) is 0. The van der Waals surface area contributed by atoms with E-state index in [9.17, 15) is 14.0 Å². The van der Waals surface area contributed by atoms with Crippen molar-refractivity contribution < 1.29 is 19.1 Å². The van der Waals surface area contributed by atoms with E-state index in [0.29, 0.717) is 5.69 Å². The number of para-hydroxylation sites is 1. The maximum Gasteiger partial charge on any atom is 0.337 e. The van der Waals surface area contributed by atoms with Crippen LogP contribution < -0.4 is 10.6 Å². The molecule has 0 spiro atoms. The Bertz CT molecular complexity index is 689. The molecule has 0 saturated carbocycles. The Morgan fingerprint density at radius 2 is 1.71 bits per heavy atom. The lowest BCUT2D eigenvalue weighted by atomic mass is 10.1. The van der Waals surface area contributed by atoms with Crippen molar-refractivity contribution >= 4 is 39.3 Å². The number of amides is 2. The van der Waals surface area contributed by atoms with Gasteiger partial charge in [0, 0.05) is 10.2 Å². The van der Waals surface area contributed by atoms with E-state index in [1.165, 1.54) is 12.1 Å². The van der Waals surface area contributed by atoms with Crippen LogP contribution in [0.3, 0.4) is 0 Å². The Labute approximate surface area is 127 Å². The molecule has 0 saturated heterocycles. The summed E-state index contributed by atoms with van der Waals surface area (Å²) in [5, 5.41) is 13.7. The van der Waals surface area contributed by atoms with E-state index >= 15 is 0 Å². The largest absolute Gasteiger partial charge is 0.478 e. The van der Waals surface area contributed by atoms with Crippen LogP contribution in [0.2, 0.25) is 0 Å². The van der Waals surface area contributed by atoms with Crippen molar-refractivity contribution in [1.82, 2.24) is 0 Å². The lowest BCUT2D eigenvalue weighted by Gasteiger charge is -2.10. The van der Waals surface area contributed by atoms with Crippen LogP contribution in [0, 0.1) is 5.82 Å². The average Bonchev–Trinajstić information content (AvgIpc) is 2.43. The van der Waals surface area contributed by atoms with Crippen LogP contribution >= 0.6 is 15.9 Å². The highest BCUT2D eigenvalue weighted by Crippen LogP contribution is 2.20. The Morgan fingerprint density at radius 1 is 1.05 bits per heavy atom. The highest BCUT2D eigenvalue weighted by atomic mass is 79.9. The zero-order valence-electron chi connectivity index (χ0n) is 10.6. The van der Waals surface area contributed by atoms with Gasteiger partial charge in [0.15, 0.2) is 0 Å². The van der Waals surface area contributed by atoms with Crippen LogP contribution in [0.4, 0.5) is 20.6 Å². The van der Waals surface area contributed by atoms with Crippen LogP contribution in [-0.4, -0.2) is 17.1 Å². The first-order valence-electron chi connectivity index (χ1n) is 5.83. The van der Waals surface area contributed by atoms with Crippen LogP contribution in [0.5, 0.6) is 0 Å². The monoisotopic (exact) mass is 352 g/mol. The summed E-state index contributed by atoms with van der Waals surface area (Å²) in [6.45, 7) is 0. The number of hydrogen-bond donors (Lipinski definition) is 3. The number of nitrogens with one attached hydrogen (secondary N) is 2. The Morgan fingerprint density at radius 3 is 2.33 bits per heavy atom. The molecule has 0 heterocycles. The van der Waals surface area contributed by atoms with Gasteiger partial charge in [-0.25, -0.2) is 14.0 Å². The minimum atomic E-state index is -1.33. The molecule has 2 aromatic carbocycles. The van der Waals surface area contributed by atoms with Gasteiger partial charge in [-0.05, 0) is 36.4 Å². The maximum atomic E-state index is 13.7. The Balaban J connectivity index is 2.16. The SMILES string of the molecule is O=C(Nc1ccc(Br)cc1)Nc1c(F)cccc1C(=O)O. The minimum Gasteiger partial charge on any atom is -0.478 e. The lowest BCUT2D eigenvalue weighted by molar-refractivity contribution is 0.0697. The molecule has 0 aliphatic heterocycles. The molecule has 0 radical (unpaired) electrons. The zero-order chi connectivity index (χ0) is 15.4. The van der Waals surface area contributed by atoms with Gasteiger partial charge in [-0.15, -0.1) is 0 Å². The first-order valence-corrected chi connectivity index (χ1v) is 6.62. The summed E-state index contributed by atoms with van der Waals surface area (Å²) < 4.78 is 14.5. The molecular formula is C14H10BrFN2O3. The van der Waals surface area contributed by atoms with E-state index < -0.39 is 17.8 Å². The molecule has 7 heteroatoms. The molecule has 0 bridgehead atoms. The average molecular weight is 353 g/mol. The van der Waals surface area contributed by atoms with Crippen LogP contribution in [0.25, 0.3) is 0 Å². The molecule has 0 aliphatic carbocycles. The predicted octanol–water partition coefficient (Wildman–Crippen LogP) is 3.93. The number of rotatable bonds is 3. The predicted molar refractivity (Wildman–Crippen MR) is 80.1 cm³/mol. The fourth-order valence-electron chi connectivity index (χ4n) is 1.64. The normalized spacial score (nSPS) is 10.0. The third kappa shape index (κ3) is 3.79. The van der Waals surface area contributed by atoms with Gasteiger partial charge in [0.2, 0.25) is 0 Å². The van der Waals surface area contributed by atoms with Crippen molar-refractivity contribution in [2.24, 2.45) is 0 Å². The molecule has 5 nitrogen and oxygen atoms in total. The fourth-order valence-corrected chi connectivity index (χ4v) is 1.90. The molecule has 0 fully saturated rings. The van der Waals surface area contributed by atoms with Crippen LogP contribution in [0.15, 0.2) is 46.9 Å². The topological polar surface area (TPSA) is 78.4 Å². The van der Waals surface area contributed by atoms with Gasteiger partial charge in [-0.2, -0.15) is 0 Å². The van der Waals surface area contributed by atoms with Gasteiger partial charge >= 0.3 is 12.0 Å². The molecule has 0 aromatic heterocycles. The molecule has 0 aliphatic rings. The number of anilines is 2. The van der Waals surface area contributed by atoms with Crippen molar-refractivity contribution in [3.05, 3.63) is 58.3 Å². The number of halogens is 2. The molecule has 3 N–H and O–H groups in total. The number of carboxylic acids is 1. The summed E-state index contributed by atoms with van der Waals surface area (Å²) in [6.07, 6.45) is 0. The molecular weight excluding hydrogens is 343 g/mol. The Kier molecular flexibility index (Phi) is 4.54. The summed E-state index contributed by atoms with van der Waals surface area (Å²) in [5.74, 6) is -2.14. The van der Waals surface area contributed by atoms with Crippen molar-refractivity contribution in [1.29, 1.82) is 0 Å². The quantitative estimate of drug-likeness (QED) is 0.782. The number of carbonyl (C=O) groups is 2. The van der Waals surface area contributed by atoms with E-state index in [1.54, 1.807) is 24.3 Å². The molecule has 21 heavy (non-hydrogen) atoms. The van der Waals surface area contributed by atoms with E-state index in [-0.39, 0.29) is 11.3 Å². The second-order valence-corrected chi connectivity index (χ2v) is 4.97. The van der Waals surface area contributed by atoms with Gasteiger partial charge in [0.1, 0.15) is 5.82 Å². The Hall–Kier alpha value is -2.41. The summed E-state index contributed by atoms with van der Waals surface area (Å²) in [4.78, 5) is 22.8. The summed E-state index contributed by atoms with van der Waals surface area (Å²) in [6, 6.07) is 9.54. The second-order valence-electron chi connectivity index (χ2n) is 4.05. The van der Waals surface area contributed by atoms with Crippen molar-refractivity contribution in [2.75, 3.05) is 10.6 Å². The standard InChI is InChI=1S/C14H10BrFN2O3/c15-8-4-6-9(7-5-8)17-14(21)18-12-10(13(19)20)2-1-3-11(12)16/h1-7H,(H,19,20)(H2,17,18,21). The number of carbonyl (C=O) groups excluding carboxylic acids is 1. The van der Waals surface area contributed by atoms with Gasteiger partial charge in [0.25, 0.3) is 0 Å². The molecule has 2 rings (SSSR count). The molecule has 108 valence electrons. The maximum absolute atomic E-state index is 13.7.